The first-order valence-electron chi connectivity index (χ1n) is 5.31. The number of fused-ring (bicyclic) bond motifs is 3. The van der Waals surface area contributed by atoms with Gasteiger partial charge in [-0.25, -0.2) is 0 Å². The van der Waals surface area contributed by atoms with Gasteiger partial charge in [0.05, 0.1) is 0 Å². The van der Waals surface area contributed by atoms with E-state index in [9.17, 15) is 0 Å². The molecule has 0 radical (unpaired) electrons. The summed E-state index contributed by atoms with van der Waals surface area (Å²) in [5, 5.41) is 3.52. The average Bonchev–Trinajstić information content (AvgIpc) is 2.30. The van der Waals surface area contributed by atoms with Crippen LogP contribution in [0.4, 0.5) is 5.69 Å². The van der Waals surface area contributed by atoms with Crippen molar-refractivity contribution in [1.29, 1.82) is 0 Å². The van der Waals surface area contributed by atoms with E-state index in [2.05, 4.69) is 60.8 Å². The molecule has 0 fully saturated rings. The fourth-order valence-corrected chi connectivity index (χ4v) is 2.27. The smallest absolute Gasteiger partial charge is 0.0492 e. The summed E-state index contributed by atoms with van der Waals surface area (Å²) in [6, 6.07) is 17.5. The van der Waals surface area contributed by atoms with Crippen molar-refractivity contribution in [2.24, 2.45) is 0 Å². The second kappa shape index (κ2) is 3.13. The highest BCUT2D eigenvalue weighted by molar-refractivity contribution is 5.83. The lowest BCUT2D eigenvalue weighted by Crippen LogP contribution is -2.13. The molecule has 1 aliphatic heterocycles. The summed E-state index contributed by atoms with van der Waals surface area (Å²) in [5.41, 5.74) is 5.30. The van der Waals surface area contributed by atoms with E-state index in [-0.39, 0.29) is 0 Å². The minimum atomic E-state index is 0.399. The largest absolute Gasteiger partial charge is 0.378 e. The molecule has 0 aliphatic carbocycles. The molecule has 0 aromatic heterocycles. The van der Waals surface area contributed by atoms with Crippen LogP contribution in [0.15, 0.2) is 48.5 Å². The summed E-state index contributed by atoms with van der Waals surface area (Å²) in [6.45, 7) is 2.20. The van der Waals surface area contributed by atoms with E-state index in [4.69, 9.17) is 0 Å². The SMILES string of the molecule is CC1Nc2ccccc2-c2ccccc21. The van der Waals surface area contributed by atoms with Crippen molar-refractivity contribution in [3.05, 3.63) is 54.1 Å². The van der Waals surface area contributed by atoms with Crippen LogP contribution >= 0.6 is 0 Å². The summed E-state index contributed by atoms with van der Waals surface area (Å²) in [4.78, 5) is 0. The van der Waals surface area contributed by atoms with Crippen molar-refractivity contribution >= 4 is 5.69 Å². The first-order valence-corrected chi connectivity index (χ1v) is 5.31. The first-order chi connectivity index (χ1) is 7.36. The minimum Gasteiger partial charge on any atom is -0.378 e. The monoisotopic (exact) mass is 195 g/mol. The summed E-state index contributed by atoms with van der Waals surface area (Å²) >= 11 is 0. The van der Waals surface area contributed by atoms with E-state index < -0.39 is 0 Å². The molecule has 0 saturated heterocycles. The number of rotatable bonds is 0. The Morgan fingerprint density at radius 3 is 2.40 bits per heavy atom. The van der Waals surface area contributed by atoms with Crippen LogP contribution in [0.1, 0.15) is 18.5 Å². The maximum Gasteiger partial charge on any atom is 0.0492 e. The molecule has 1 heteroatoms. The molecule has 3 rings (SSSR count). The molecule has 0 spiro atoms. The molecule has 1 atom stereocenters. The molecule has 1 nitrogen and oxygen atoms in total. The molecule has 1 N–H and O–H groups in total. The highest BCUT2D eigenvalue weighted by atomic mass is 14.9. The Morgan fingerprint density at radius 1 is 0.867 bits per heavy atom. The summed E-state index contributed by atoms with van der Waals surface area (Å²) in [7, 11) is 0. The van der Waals surface area contributed by atoms with Gasteiger partial charge in [0.25, 0.3) is 0 Å². The molecule has 0 amide bonds. The number of hydrogen-bond acceptors (Lipinski definition) is 1. The van der Waals surface area contributed by atoms with Gasteiger partial charge in [0.1, 0.15) is 0 Å². The molecular formula is C14H13N. The molecule has 2 aromatic rings. The summed E-state index contributed by atoms with van der Waals surface area (Å²) in [6.07, 6.45) is 0. The lowest BCUT2D eigenvalue weighted by atomic mass is 9.91. The number of hydrogen-bond donors (Lipinski definition) is 1. The van der Waals surface area contributed by atoms with Gasteiger partial charge in [0.2, 0.25) is 0 Å². The zero-order chi connectivity index (χ0) is 10.3. The zero-order valence-corrected chi connectivity index (χ0v) is 8.70. The third-order valence-corrected chi connectivity index (χ3v) is 3.02. The first kappa shape index (κ1) is 8.54. The summed E-state index contributed by atoms with van der Waals surface area (Å²) < 4.78 is 0. The Labute approximate surface area is 89.8 Å². The quantitative estimate of drug-likeness (QED) is 0.673. The van der Waals surface area contributed by atoms with Crippen molar-refractivity contribution in [3.8, 4) is 11.1 Å². The highest BCUT2D eigenvalue weighted by Gasteiger charge is 2.19. The molecular weight excluding hydrogens is 182 g/mol. The van der Waals surface area contributed by atoms with Gasteiger partial charge in [-0.15, -0.1) is 0 Å². The topological polar surface area (TPSA) is 12.0 Å². The maximum absolute atomic E-state index is 3.52. The molecule has 2 aromatic carbocycles. The van der Waals surface area contributed by atoms with E-state index in [1.165, 1.54) is 22.4 Å². The Morgan fingerprint density at radius 2 is 1.53 bits per heavy atom. The third kappa shape index (κ3) is 1.23. The highest BCUT2D eigenvalue weighted by Crippen LogP contribution is 2.39. The van der Waals surface area contributed by atoms with Gasteiger partial charge in [0.15, 0.2) is 0 Å². The minimum absolute atomic E-state index is 0.399. The second-order valence-corrected chi connectivity index (χ2v) is 4.00. The van der Waals surface area contributed by atoms with Crippen molar-refractivity contribution < 1.29 is 0 Å². The molecule has 0 saturated carbocycles. The standard InChI is InChI=1S/C14H13N/c1-10-11-6-2-3-7-12(11)13-8-4-5-9-14(13)15-10/h2-10,15H,1H3. The van der Waals surface area contributed by atoms with Gasteiger partial charge < -0.3 is 5.32 Å². The zero-order valence-electron chi connectivity index (χ0n) is 8.70. The van der Waals surface area contributed by atoms with Crippen molar-refractivity contribution in [1.82, 2.24) is 0 Å². The van der Waals surface area contributed by atoms with Gasteiger partial charge in [-0.3, -0.25) is 0 Å². The number of nitrogens with one attached hydrogen (secondary N) is 1. The van der Waals surface area contributed by atoms with Gasteiger partial charge in [-0.2, -0.15) is 0 Å². The van der Waals surface area contributed by atoms with E-state index in [0.29, 0.717) is 6.04 Å². The van der Waals surface area contributed by atoms with Gasteiger partial charge in [0, 0.05) is 17.3 Å². The van der Waals surface area contributed by atoms with Gasteiger partial charge >= 0.3 is 0 Å². The Balaban J connectivity index is 2.30. The van der Waals surface area contributed by atoms with Crippen LogP contribution in [0.3, 0.4) is 0 Å². The lowest BCUT2D eigenvalue weighted by Gasteiger charge is -2.27. The van der Waals surface area contributed by atoms with Crippen molar-refractivity contribution in [2.75, 3.05) is 5.32 Å². The van der Waals surface area contributed by atoms with E-state index >= 15 is 0 Å². The number of benzene rings is 2. The second-order valence-electron chi connectivity index (χ2n) is 4.00. The van der Waals surface area contributed by atoms with Crippen LogP contribution in [0, 0.1) is 0 Å². The van der Waals surface area contributed by atoms with E-state index in [1.54, 1.807) is 0 Å². The number of para-hydroxylation sites is 1. The Hall–Kier alpha value is -1.76. The van der Waals surface area contributed by atoms with Crippen LogP contribution in [0.2, 0.25) is 0 Å². The van der Waals surface area contributed by atoms with Crippen molar-refractivity contribution in [3.63, 3.8) is 0 Å². The molecule has 1 heterocycles. The molecule has 74 valence electrons. The molecule has 1 unspecified atom stereocenters. The summed E-state index contributed by atoms with van der Waals surface area (Å²) in [5.74, 6) is 0. The van der Waals surface area contributed by atoms with E-state index in [1.807, 2.05) is 0 Å². The maximum atomic E-state index is 3.52. The van der Waals surface area contributed by atoms with Crippen LogP contribution in [-0.2, 0) is 0 Å². The predicted octanol–water partition coefficient (Wildman–Crippen LogP) is 3.84. The third-order valence-electron chi connectivity index (χ3n) is 3.02. The number of anilines is 1. The Kier molecular flexibility index (Phi) is 1.78. The van der Waals surface area contributed by atoms with Crippen LogP contribution in [-0.4, -0.2) is 0 Å². The molecule has 1 aliphatic rings. The fourth-order valence-electron chi connectivity index (χ4n) is 2.27. The lowest BCUT2D eigenvalue weighted by molar-refractivity contribution is 0.876. The fraction of sp³-hybridized carbons (Fsp3) is 0.143. The average molecular weight is 195 g/mol. The Bertz CT molecular complexity index is 502. The van der Waals surface area contributed by atoms with E-state index in [0.717, 1.165) is 0 Å². The van der Waals surface area contributed by atoms with Crippen molar-refractivity contribution in [2.45, 2.75) is 13.0 Å². The van der Waals surface area contributed by atoms with Gasteiger partial charge in [-0.05, 0) is 24.1 Å². The van der Waals surface area contributed by atoms with Gasteiger partial charge in [-0.1, -0.05) is 42.5 Å². The van der Waals surface area contributed by atoms with Crippen LogP contribution < -0.4 is 5.32 Å². The predicted molar refractivity (Wildman–Crippen MR) is 63.9 cm³/mol. The molecule has 15 heavy (non-hydrogen) atoms. The van der Waals surface area contributed by atoms with Crippen LogP contribution in [0.5, 0.6) is 0 Å². The normalized spacial score (nSPS) is 17.5. The molecule has 0 bridgehead atoms. The van der Waals surface area contributed by atoms with Crippen LogP contribution in [0.25, 0.3) is 11.1 Å².